The lowest BCUT2D eigenvalue weighted by molar-refractivity contribution is 0.414. The van der Waals surface area contributed by atoms with E-state index in [1.54, 1.807) is 14.2 Å². The maximum Gasteiger partial charge on any atom is 0.118 e. The first-order chi connectivity index (χ1) is 16.7. The fourth-order valence-corrected chi connectivity index (χ4v) is 5.94. The van der Waals surface area contributed by atoms with Gasteiger partial charge in [-0.1, -0.05) is 102 Å². The van der Waals surface area contributed by atoms with E-state index in [2.05, 4.69) is 84.4 Å². The van der Waals surface area contributed by atoms with Crippen LogP contribution in [0.1, 0.15) is 22.3 Å². The Labute approximate surface area is 206 Å². The summed E-state index contributed by atoms with van der Waals surface area (Å²) >= 11 is 0. The molecular formula is C30H30O2P2. The second-order valence-corrected chi connectivity index (χ2v) is 10.3. The summed E-state index contributed by atoms with van der Waals surface area (Å²) in [4.78, 5) is 0. The van der Waals surface area contributed by atoms with Crippen molar-refractivity contribution in [2.75, 3.05) is 14.2 Å². The maximum absolute atomic E-state index is 5.28. The molecule has 4 rings (SSSR count). The Kier molecular flexibility index (Phi) is 8.91. The molecule has 2 nitrogen and oxygen atoms in total. The number of hydrogen-bond donors (Lipinski definition) is 0. The molecule has 0 heterocycles. The minimum Gasteiger partial charge on any atom is -0.497 e. The zero-order valence-corrected chi connectivity index (χ0v) is 21.6. The molecule has 0 aliphatic heterocycles. The van der Waals surface area contributed by atoms with E-state index in [-0.39, 0.29) is 0 Å². The van der Waals surface area contributed by atoms with Crippen molar-refractivity contribution in [3.63, 3.8) is 0 Å². The predicted molar refractivity (Wildman–Crippen MR) is 150 cm³/mol. The second kappa shape index (κ2) is 12.5. The van der Waals surface area contributed by atoms with E-state index >= 15 is 0 Å². The van der Waals surface area contributed by atoms with Gasteiger partial charge in [0.05, 0.1) is 14.2 Å². The molecule has 0 saturated carbocycles. The summed E-state index contributed by atoms with van der Waals surface area (Å²) < 4.78 is 10.6. The van der Waals surface area contributed by atoms with Crippen molar-refractivity contribution in [3.8, 4) is 11.5 Å². The van der Waals surface area contributed by atoms with Crippen LogP contribution >= 0.6 is 17.2 Å². The molecule has 4 aromatic carbocycles. The number of ether oxygens (including phenoxy) is 2. The van der Waals surface area contributed by atoms with Crippen molar-refractivity contribution < 1.29 is 9.47 Å². The topological polar surface area (TPSA) is 18.5 Å². The van der Waals surface area contributed by atoms with Crippen LogP contribution in [0.4, 0.5) is 0 Å². The third kappa shape index (κ3) is 6.80. The van der Waals surface area contributed by atoms with Gasteiger partial charge in [0.1, 0.15) is 11.5 Å². The van der Waals surface area contributed by atoms with Crippen molar-refractivity contribution >= 4 is 27.8 Å². The summed E-state index contributed by atoms with van der Waals surface area (Å²) in [7, 11) is 4.73. The quantitative estimate of drug-likeness (QED) is 0.234. The molecule has 0 aliphatic carbocycles. The van der Waals surface area contributed by atoms with Gasteiger partial charge in [-0.25, -0.2) is 0 Å². The highest BCUT2D eigenvalue weighted by Gasteiger charge is 2.05. The third-order valence-corrected chi connectivity index (χ3v) is 8.30. The lowest BCUT2D eigenvalue weighted by Crippen LogP contribution is -2.04. The van der Waals surface area contributed by atoms with Gasteiger partial charge in [-0.2, -0.15) is 0 Å². The average molecular weight is 485 g/mol. The smallest absolute Gasteiger partial charge is 0.118 e. The standard InChI is InChI=1S/C30H30O2P2/c1-31-27-15-11-23(12-16-27)21-25-7-3-5-9-29(25)33-19-20-34-30-10-6-4-8-26(30)22-24-13-17-28(32-2)18-14-24/h3-20,33-34H,21-22H2,1-2H3. The highest BCUT2D eigenvalue weighted by atomic mass is 31.1. The molecule has 0 N–H and O–H groups in total. The first kappa shape index (κ1) is 24.2. The summed E-state index contributed by atoms with van der Waals surface area (Å²) in [6.45, 7) is 0. The summed E-state index contributed by atoms with van der Waals surface area (Å²) in [6.07, 6.45) is 1.88. The van der Waals surface area contributed by atoms with E-state index in [4.69, 9.17) is 9.47 Å². The Morgan fingerprint density at radius 3 is 1.29 bits per heavy atom. The molecule has 0 bridgehead atoms. The largest absolute Gasteiger partial charge is 0.497 e. The molecule has 2 atom stereocenters. The maximum atomic E-state index is 5.28. The van der Waals surface area contributed by atoms with E-state index in [0.29, 0.717) is 17.2 Å². The summed E-state index contributed by atoms with van der Waals surface area (Å²) in [6, 6.07) is 34.3. The minimum atomic E-state index is 0.661. The Balaban J connectivity index is 1.39. The predicted octanol–water partition coefficient (Wildman–Crippen LogP) is 6.66. The van der Waals surface area contributed by atoms with Gasteiger partial charge in [0.15, 0.2) is 0 Å². The van der Waals surface area contributed by atoms with E-state index in [1.807, 2.05) is 24.3 Å². The molecule has 172 valence electrons. The van der Waals surface area contributed by atoms with Crippen molar-refractivity contribution in [2.24, 2.45) is 0 Å². The SMILES string of the molecule is COc1ccc(Cc2ccccc2PC=CPc2ccccc2Cc2ccc(OC)cc2)cc1. The zero-order valence-electron chi connectivity index (χ0n) is 19.6. The molecule has 2 unspecified atom stereocenters. The van der Waals surface area contributed by atoms with Gasteiger partial charge in [0.2, 0.25) is 0 Å². The van der Waals surface area contributed by atoms with Gasteiger partial charge in [-0.3, -0.25) is 0 Å². The van der Waals surface area contributed by atoms with Crippen LogP contribution in [0.2, 0.25) is 0 Å². The van der Waals surface area contributed by atoms with Crippen molar-refractivity contribution in [1.29, 1.82) is 0 Å². The highest BCUT2D eigenvalue weighted by molar-refractivity contribution is 7.54. The second-order valence-electron chi connectivity index (χ2n) is 7.99. The molecule has 0 aliphatic rings. The molecular weight excluding hydrogens is 454 g/mol. The van der Waals surface area contributed by atoms with Crippen molar-refractivity contribution in [2.45, 2.75) is 12.8 Å². The monoisotopic (exact) mass is 484 g/mol. The first-order valence-electron chi connectivity index (χ1n) is 11.3. The van der Waals surface area contributed by atoms with Crippen LogP contribution in [0, 0.1) is 0 Å². The van der Waals surface area contributed by atoms with Gasteiger partial charge < -0.3 is 9.47 Å². The van der Waals surface area contributed by atoms with Crippen molar-refractivity contribution in [3.05, 3.63) is 131 Å². The van der Waals surface area contributed by atoms with E-state index in [9.17, 15) is 0 Å². The zero-order chi connectivity index (χ0) is 23.6. The normalized spacial score (nSPS) is 11.7. The lowest BCUT2D eigenvalue weighted by Gasteiger charge is -2.10. The van der Waals surface area contributed by atoms with Gasteiger partial charge in [-0.05, 0) is 70.0 Å². The van der Waals surface area contributed by atoms with Crippen LogP contribution in [0.15, 0.2) is 109 Å². The molecule has 4 heteroatoms. The summed E-state index contributed by atoms with van der Waals surface area (Å²) in [5.74, 6) is 6.48. The van der Waals surface area contributed by atoms with Crippen LogP contribution in [-0.2, 0) is 12.8 Å². The van der Waals surface area contributed by atoms with Gasteiger partial charge in [-0.15, -0.1) is 0 Å². The highest BCUT2D eigenvalue weighted by Crippen LogP contribution is 2.24. The average Bonchev–Trinajstić information content (AvgIpc) is 2.89. The number of benzene rings is 4. The fourth-order valence-electron chi connectivity index (χ4n) is 3.82. The number of hydrogen-bond acceptors (Lipinski definition) is 2. The van der Waals surface area contributed by atoms with E-state index in [0.717, 1.165) is 24.3 Å². The van der Waals surface area contributed by atoms with Gasteiger partial charge in [0, 0.05) is 0 Å². The van der Waals surface area contributed by atoms with Gasteiger partial charge in [0.25, 0.3) is 0 Å². The van der Waals surface area contributed by atoms with E-state index < -0.39 is 0 Å². The molecule has 0 saturated heterocycles. The number of rotatable bonds is 10. The minimum absolute atomic E-state index is 0.661. The molecule has 0 radical (unpaired) electrons. The van der Waals surface area contributed by atoms with Crippen LogP contribution in [0.5, 0.6) is 11.5 Å². The Morgan fingerprint density at radius 1 is 0.529 bits per heavy atom. The Hall–Kier alpha value is -2.92. The van der Waals surface area contributed by atoms with Crippen LogP contribution < -0.4 is 20.1 Å². The van der Waals surface area contributed by atoms with Crippen LogP contribution in [0.3, 0.4) is 0 Å². The number of methoxy groups -OCH3 is 2. The van der Waals surface area contributed by atoms with E-state index in [1.165, 1.54) is 32.9 Å². The molecule has 34 heavy (non-hydrogen) atoms. The Morgan fingerprint density at radius 2 is 0.912 bits per heavy atom. The first-order valence-corrected chi connectivity index (χ1v) is 13.5. The Bertz CT molecular complexity index is 1120. The molecule has 0 aromatic heterocycles. The summed E-state index contributed by atoms with van der Waals surface area (Å²) in [5, 5.41) is 2.82. The lowest BCUT2D eigenvalue weighted by atomic mass is 10.1. The van der Waals surface area contributed by atoms with Crippen LogP contribution in [0.25, 0.3) is 0 Å². The van der Waals surface area contributed by atoms with Crippen molar-refractivity contribution in [1.82, 2.24) is 0 Å². The molecule has 0 amide bonds. The van der Waals surface area contributed by atoms with Crippen LogP contribution in [-0.4, -0.2) is 14.2 Å². The van der Waals surface area contributed by atoms with Gasteiger partial charge >= 0.3 is 0 Å². The fraction of sp³-hybridized carbons (Fsp3) is 0.133. The summed E-state index contributed by atoms with van der Waals surface area (Å²) in [5.41, 5.74) is 5.38. The molecule has 0 spiro atoms. The molecule has 4 aromatic rings. The molecule has 0 fully saturated rings. The third-order valence-electron chi connectivity index (χ3n) is 5.70.